The summed E-state index contributed by atoms with van der Waals surface area (Å²) in [5.41, 5.74) is 2.80. The molecule has 130 valence electrons. The molecular formula is C20H24N4O. The molecule has 0 bridgehead atoms. The zero-order valence-electron chi connectivity index (χ0n) is 14.7. The number of carbonyl (C=O) groups is 1. The fourth-order valence-corrected chi connectivity index (χ4v) is 3.88. The quantitative estimate of drug-likeness (QED) is 0.843. The number of anilines is 2. The van der Waals surface area contributed by atoms with Gasteiger partial charge in [-0.15, -0.1) is 0 Å². The minimum atomic E-state index is -0.0140. The number of hydrogen-bond acceptors (Lipinski definition) is 4. The van der Waals surface area contributed by atoms with Gasteiger partial charge >= 0.3 is 0 Å². The van der Waals surface area contributed by atoms with Crippen molar-refractivity contribution in [2.45, 2.75) is 45.1 Å². The second-order valence-corrected chi connectivity index (χ2v) is 7.03. The maximum Gasteiger partial charge on any atom is 0.261 e. The van der Waals surface area contributed by atoms with Gasteiger partial charge in [0.25, 0.3) is 5.91 Å². The number of carbonyl (C=O) groups excluding carboxylic acids is 1. The van der Waals surface area contributed by atoms with Crippen LogP contribution >= 0.6 is 0 Å². The number of rotatable bonds is 2. The number of hydrogen-bond donors (Lipinski definition) is 0. The maximum absolute atomic E-state index is 13.0. The maximum atomic E-state index is 13.0. The van der Waals surface area contributed by atoms with Crippen molar-refractivity contribution < 1.29 is 4.79 Å². The zero-order valence-corrected chi connectivity index (χ0v) is 14.7. The summed E-state index contributed by atoms with van der Waals surface area (Å²) in [4.78, 5) is 26.1. The van der Waals surface area contributed by atoms with Crippen LogP contribution in [0.3, 0.4) is 0 Å². The van der Waals surface area contributed by atoms with Crippen molar-refractivity contribution >= 4 is 17.5 Å². The highest BCUT2D eigenvalue weighted by molar-refractivity contribution is 6.07. The van der Waals surface area contributed by atoms with Gasteiger partial charge in [-0.05, 0) is 37.8 Å². The Labute approximate surface area is 148 Å². The zero-order chi connectivity index (χ0) is 17.2. The minimum Gasteiger partial charge on any atom is -0.341 e. The van der Waals surface area contributed by atoms with Crippen LogP contribution in [0.15, 0.2) is 36.7 Å². The van der Waals surface area contributed by atoms with E-state index in [0.717, 1.165) is 31.1 Å². The normalized spacial score (nSPS) is 20.3. The molecule has 5 heteroatoms. The fourth-order valence-electron chi connectivity index (χ4n) is 3.88. The predicted octanol–water partition coefficient (Wildman–Crippen LogP) is 3.45. The third kappa shape index (κ3) is 3.11. The second-order valence-electron chi connectivity index (χ2n) is 7.03. The lowest BCUT2D eigenvalue weighted by molar-refractivity contribution is 0.0981. The van der Waals surface area contributed by atoms with E-state index >= 15 is 0 Å². The van der Waals surface area contributed by atoms with Crippen LogP contribution < -0.4 is 9.80 Å². The highest BCUT2D eigenvalue weighted by Crippen LogP contribution is 2.33. The molecule has 25 heavy (non-hydrogen) atoms. The first-order valence-corrected chi connectivity index (χ1v) is 9.22. The third-order valence-electron chi connectivity index (χ3n) is 5.20. The first kappa shape index (κ1) is 16.1. The fraction of sp³-hybridized carbons (Fsp3) is 0.450. The second kappa shape index (κ2) is 6.82. The lowest BCUT2D eigenvalue weighted by Gasteiger charge is -2.23. The Kier molecular flexibility index (Phi) is 4.38. The largest absolute Gasteiger partial charge is 0.341 e. The Balaban J connectivity index is 1.55. The van der Waals surface area contributed by atoms with Crippen LogP contribution in [0, 0.1) is 0 Å². The molecule has 0 saturated carbocycles. The van der Waals surface area contributed by atoms with E-state index in [9.17, 15) is 4.79 Å². The molecule has 4 rings (SSSR count). The van der Waals surface area contributed by atoms with Gasteiger partial charge < -0.3 is 9.80 Å². The molecule has 1 aromatic heterocycles. The number of nitrogens with zero attached hydrogens (tertiary/aromatic N) is 4. The smallest absolute Gasteiger partial charge is 0.261 e. The number of para-hydroxylation sites is 1. The summed E-state index contributed by atoms with van der Waals surface area (Å²) in [5.74, 6) is 0.730. The summed E-state index contributed by atoms with van der Waals surface area (Å²) in [6, 6.07) is 8.28. The van der Waals surface area contributed by atoms with Gasteiger partial charge in [0.2, 0.25) is 5.95 Å². The SMILES string of the molecule is CC1Cc2ccccc2N1C(=O)c1cnc(N2CCCCCC2)nc1. The van der Waals surface area contributed by atoms with Gasteiger partial charge in [-0.25, -0.2) is 9.97 Å². The number of benzene rings is 1. The van der Waals surface area contributed by atoms with Crippen LogP contribution in [0.5, 0.6) is 0 Å². The number of fused-ring (bicyclic) bond motifs is 1. The van der Waals surface area contributed by atoms with E-state index in [0.29, 0.717) is 5.56 Å². The van der Waals surface area contributed by atoms with Crippen LogP contribution in [0.4, 0.5) is 11.6 Å². The summed E-state index contributed by atoms with van der Waals surface area (Å²) >= 11 is 0. The van der Waals surface area contributed by atoms with Crippen molar-refractivity contribution in [3.05, 3.63) is 47.8 Å². The molecule has 2 aliphatic rings. The Morgan fingerprint density at radius 1 is 1.04 bits per heavy atom. The molecular weight excluding hydrogens is 312 g/mol. The minimum absolute atomic E-state index is 0.0140. The molecule has 0 aliphatic carbocycles. The van der Waals surface area contributed by atoms with Crippen LogP contribution in [0.25, 0.3) is 0 Å². The van der Waals surface area contributed by atoms with E-state index in [1.807, 2.05) is 23.1 Å². The van der Waals surface area contributed by atoms with E-state index in [1.165, 1.54) is 31.2 Å². The van der Waals surface area contributed by atoms with Crippen molar-refractivity contribution in [2.24, 2.45) is 0 Å². The molecule has 1 aromatic carbocycles. The first-order chi connectivity index (χ1) is 12.2. The predicted molar refractivity (Wildman–Crippen MR) is 99.1 cm³/mol. The van der Waals surface area contributed by atoms with Crippen LogP contribution in [0.1, 0.15) is 48.5 Å². The summed E-state index contributed by atoms with van der Waals surface area (Å²) in [7, 11) is 0. The van der Waals surface area contributed by atoms with E-state index < -0.39 is 0 Å². The summed E-state index contributed by atoms with van der Waals surface area (Å²) in [6.07, 6.45) is 9.19. The number of amides is 1. The van der Waals surface area contributed by atoms with Crippen molar-refractivity contribution in [1.82, 2.24) is 9.97 Å². The summed E-state index contributed by atoms with van der Waals surface area (Å²) < 4.78 is 0. The van der Waals surface area contributed by atoms with Gasteiger partial charge in [0, 0.05) is 37.2 Å². The highest BCUT2D eigenvalue weighted by Gasteiger charge is 2.31. The van der Waals surface area contributed by atoms with Crippen LogP contribution in [-0.4, -0.2) is 35.0 Å². The standard InChI is InChI=1S/C20H24N4O/c1-15-12-16-8-4-5-9-18(16)24(15)19(25)17-13-21-20(22-14-17)23-10-6-2-3-7-11-23/h4-5,8-9,13-15H,2-3,6-7,10-12H2,1H3. The van der Waals surface area contributed by atoms with Gasteiger partial charge in [-0.3, -0.25) is 4.79 Å². The van der Waals surface area contributed by atoms with E-state index in [1.54, 1.807) is 12.4 Å². The van der Waals surface area contributed by atoms with Gasteiger partial charge in [0.05, 0.1) is 5.56 Å². The first-order valence-electron chi connectivity index (χ1n) is 9.22. The highest BCUT2D eigenvalue weighted by atomic mass is 16.2. The average Bonchev–Trinajstić information content (AvgIpc) is 2.81. The van der Waals surface area contributed by atoms with Gasteiger partial charge in [-0.1, -0.05) is 31.0 Å². The summed E-state index contributed by atoms with van der Waals surface area (Å²) in [6.45, 7) is 4.10. The molecule has 0 radical (unpaired) electrons. The molecule has 2 aliphatic heterocycles. The lowest BCUT2D eigenvalue weighted by Crippen LogP contribution is -2.36. The van der Waals surface area contributed by atoms with Gasteiger partial charge in [0.1, 0.15) is 0 Å². The molecule has 1 atom stereocenters. The Bertz CT molecular complexity index is 751. The molecule has 3 heterocycles. The molecule has 1 unspecified atom stereocenters. The lowest BCUT2D eigenvalue weighted by atomic mass is 10.1. The van der Waals surface area contributed by atoms with Crippen LogP contribution in [-0.2, 0) is 6.42 Å². The van der Waals surface area contributed by atoms with Crippen molar-refractivity contribution in [3.63, 3.8) is 0 Å². The van der Waals surface area contributed by atoms with Crippen molar-refractivity contribution in [1.29, 1.82) is 0 Å². The average molecular weight is 336 g/mol. The number of aromatic nitrogens is 2. The van der Waals surface area contributed by atoms with E-state index in [-0.39, 0.29) is 11.9 Å². The Morgan fingerprint density at radius 2 is 1.72 bits per heavy atom. The molecule has 0 N–H and O–H groups in total. The van der Waals surface area contributed by atoms with Gasteiger partial charge in [-0.2, -0.15) is 0 Å². The monoisotopic (exact) mass is 336 g/mol. The van der Waals surface area contributed by atoms with Crippen molar-refractivity contribution in [3.8, 4) is 0 Å². The molecule has 1 saturated heterocycles. The van der Waals surface area contributed by atoms with Crippen molar-refractivity contribution in [2.75, 3.05) is 22.9 Å². The third-order valence-corrected chi connectivity index (χ3v) is 5.20. The van der Waals surface area contributed by atoms with Gasteiger partial charge in [0.15, 0.2) is 0 Å². The Hall–Kier alpha value is -2.43. The topological polar surface area (TPSA) is 49.3 Å². The molecule has 1 fully saturated rings. The van der Waals surface area contributed by atoms with E-state index in [4.69, 9.17) is 0 Å². The molecule has 0 spiro atoms. The molecule has 5 nitrogen and oxygen atoms in total. The molecule has 2 aromatic rings. The van der Waals surface area contributed by atoms with Crippen LogP contribution in [0.2, 0.25) is 0 Å². The molecule has 1 amide bonds. The van der Waals surface area contributed by atoms with E-state index in [2.05, 4.69) is 27.9 Å². The Morgan fingerprint density at radius 3 is 2.44 bits per heavy atom. The summed E-state index contributed by atoms with van der Waals surface area (Å²) in [5, 5.41) is 0.